The van der Waals surface area contributed by atoms with Crippen LogP contribution in [0.15, 0.2) is 24.3 Å². The van der Waals surface area contributed by atoms with E-state index in [1.807, 2.05) is 19.1 Å². The van der Waals surface area contributed by atoms with Crippen molar-refractivity contribution in [2.24, 2.45) is 5.41 Å². The van der Waals surface area contributed by atoms with Crippen molar-refractivity contribution in [3.8, 4) is 5.75 Å². The average Bonchev–Trinajstić information content (AvgIpc) is 2.83. The van der Waals surface area contributed by atoms with Gasteiger partial charge in [-0.1, -0.05) is 128 Å². The van der Waals surface area contributed by atoms with Crippen LogP contribution in [0.3, 0.4) is 0 Å². The third-order valence-corrected chi connectivity index (χ3v) is 7.48. The Morgan fingerprint density at radius 1 is 0.647 bits per heavy atom. The molecular formula is C31H54O3. The lowest BCUT2D eigenvalue weighted by Crippen LogP contribution is -2.27. The molecule has 0 aliphatic rings. The number of rotatable bonds is 23. The third-order valence-electron chi connectivity index (χ3n) is 7.48. The maximum atomic E-state index is 11.6. The molecule has 0 heterocycles. The van der Waals surface area contributed by atoms with Crippen molar-refractivity contribution < 1.29 is 15.0 Å². The predicted octanol–water partition coefficient (Wildman–Crippen LogP) is 9.85. The Hall–Kier alpha value is -1.51. The van der Waals surface area contributed by atoms with E-state index in [4.69, 9.17) is 0 Å². The van der Waals surface area contributed by atoms with Crippen LogP contribution in [0.2, 0.25) is 0 Å². The van der Waals surface area contributed by atoms with Gasteiger partial charge in [0.05, 0.1) is 5.41 Å². The van der Waals surface area contributed by atoms with Crippen LogP contribution in [0.5, 0.6) is 5.75 Å². The number of aliphatic carboxylic acids is 1. The van der Waals surface area contributed by atoms with Crippen LogP contribution in [0.1, 0.15) is 148 Å². The minimum atomic E-state index is -0.608. The van der Waals surface area contributed by atoms with Gasteiger partial charge >= 0.3 is 5.97 Å². The van der Waals surface area contributed by atoms with Crippen LogP contribution < -0.4 is 0 Å². The smallest absolute Gasteiger partial charge is 0.309 e. The summed E-state index contributed by atoms with van der Waals surface area (Å²) in [5, 5.41) is 18.8. The van der Waals surface area contributed by atoms with Gasteiger partial charge in [0.25, 0.3) is 0 Å². The second-order valence-corrected chi connectivity index (χ2v) is 10.8. The van der Waals surface area contributed by atoms with Gasteiger partial charge in [-0.15, -0.1) is 0 Å². The summed E-state index contributed by atoms with van der Waals surface area (Å²) in [6.45, 7) is 4.07. The van der Waals surface area contributed by atoms with E-state index >= 15 is 0 Å². The summed E-state index contributed by atoms with van der Waals surface area (Å²) in [6.07, 6.45) is 26.1. The number of hydrogen-bond acceptors (Lipinski definition) is 2. The first kappa shape index (κ1) is 30.5. The largest absolute Gasteiger partial charge is 0.508 e. The van der Waals surface area contributed by atoms with E-state index in [0.29, 0.717) is 5.75 Å². The standard InChI is InChI=1S/C31H54O3/c1-3-4-26-31(2,30(33)34)27-20-18-16-14-12-10-8-6-5-7-9-11-13-15-17-19-21-28-22-24-29(32)25-23-28/h22-25,32H,3-21,26-27H2,1-2H3,(H,33,34). The van der Waals surface area contributed by atoms with Gasteiger partial charge in [0.15, 0.2) is 0 Å². The van der Waals surface area contributed by atoms with Crippen molar-refractivity contribution in [2.75, 3.05) is 0 Å². The third kappa shape index (κ3) is 15.4. The number of aromatic hydroxyl groups is 1. The highest BCUT2D eigenvalue weighted by atomic mass is 16.4. The summed E-state index contributed by atoms with van der Waals surface area (Å²) in [5.74, 6) is -0.251. The fourth-order valence-electron chi connectivity index (χ4n) is 4.89. The first-order valence-electron chi connectivity index (χ1n) is 14.5. The van der Waals surface area contributed by atoms with Crippen molar-refractivity contribution in [1.29, 1.82) is 0 Å². The number of hydrogen-bond donors (Lipinski definition) is 2. The molecule has 196 valence electrons. The number of aryl methyl sites for hydroxylation is 1. The highest BCUT2D eigenvalue weighted by Crippen LogP contribution is 2.31. The minimum Gasteiger partial charge on any atom is -0.508 e. The monoisotopic (exact) mass is 474 g/mol. The molecule has 34 heavy (non-hydrogen) atoms. The number of carboxylic acid groups (broad SMARTS) is 1. The Bertz CT molecular complexity index is 610. The second kappa shape index (κ2) is 19.8. The van der Waals surface area contributed by atoms with Gasteiger partial charge < -0.3 is 10.2 Å². The fourth-order valence-corrected chi connectivity index (χ4v) is 4.89. The highest BCUT2D eigenvalue weighted by molar-refractivity contribution is 5.74. The zero-order chi connectivity index (χ0) is 24.9. The Morgan fingerprint density at radius 2 is 1.03 bits per heavy atom. The van der Waals surface area contributed by atoms with E-state index in [9.17, 15) is 15.0 Å². The summed E-state index contributed by atoms with van der Waals surface area (Å²) < 4.78 is 0. The molecule has 1 rings (SSSR count). The zero-order valence-electron chi connectivity index (χ0n) is 22.5. The topological polar surface area (TPSA) is 57.5 Å². The highest BCUT2D eigenvalue weighted by Gasteiger charge is 2.31. The molecule has 0 amide bonds. The Balaban J connectivity index is 1.80. The molecule has 0 saturated heterocycles. The van der Waals surface area contributed by atoms with Gasteiger partial charge in [0, 0.05) is 0 Å². The Morgan fingerprint density at radius 3 is 1.44 bits per heavy atom. The first-order chi connectivity index (χ1) is 16.5. The minimum absolute atomic E-state index is 0.357. The molecule has 0 aliphatic heterocycles. The number of phenolic OH excluding ortho intramolecular Hbond substituents is 1. The van der Waals surface area contributed by atoms with Crippen molar-refractivity contribution in [2.45, 2.75) is 149 Å². The molecule has 1 aromatic rings. The summed E-state index contributed by atoms with van der Waals surface area (Å²) in [5.41, 5.74) is 0.823. The van der Waals surface area contributed by atoms with Crippen LogP contribution in [-0.4, -0.2) is 16.2 Å². The van der Waals surface area contributed by atoms with Gasteiger partial charge in [-0.05, 0) is 50.3 Å². The molecular weight excluding hydrogens is 420 g/mol. The van der Waals surface area contributed by atoms with Crippen molar-refractivity contribution in [1.82, 2.24) is 0 Å². The molecule has 0 saturated carbocycles. The van der Waals surface area contributed by atoms with E-state index < -0.39 is 11.4 Å². The molecule has 3 heteroatoms. The Labute approximate surface area is 210 Å². The summed E-state index contributed by atoms with van der Waals surface area (Å²) in [7, 11) is 0. The van der Waals surface area contributed by atoms with Gasteiger partial charge in [0.2, 0.25) is 0 Å². The van der Waals surface area contributed by atoms with Crippen molar-refractivity contribution in [3.05, 3.63) is 29.8 Å². The van der Waals surface area contributed by atoms with Gasteiger partial charge in [-0.2, -0.15) is 0 Å². The van der Waals surface area contributed by atoms with Crippen molar-refractivity contribution in [3.63, 3.8) is 0 Å². The predicted molar refractivity (Wildman–Crippen MR) is 146 cm³/mol. The molecule has 0 radical (unpaired) electrons. The lowest BCUT2D eigenvalue weighted by atomic mass is 9.80. The van der Waals surface area contributed by atoms with Gasteiger partial charge in [-0.25, -0.2) is 0 Å². The van der Waals surface area contributed by atoms with E-state index in [0.717, 1.165) is 38.5 Å². The normalized spacial score (nSPS) is 13.1. The van der Waals surface area contributed by atoms with E-state index in [1.54, 1.807) is 12.1 Å². The maximum absolute atomic E-state index is 11.6. The number of carbonyl (C=O) groups is 1. The number of phenols is 1. The van der Waals surface area contributed by atoms with E-state index in [1.165, 1.54) is 102 Å². The molecule has 0 spiro atoms. The maximum Gasteiger partial charge on any atom is 0.309 e. The van der Waals surface area contributed by atoms with Crippen LogP contribution in [0, 0.1) is 5.41 Å². The zero-order valence-corrected chi connectivity index (χ0v) is 22.5. The quantitative estimate of drug-likeness (QED) is 0.155. The van der Waals surface area contributed by atoms with E-state index in [-0.39, 0.29) is 0 Å². The fraction of sp³-hybridized carbons (Fsp3) is 0.774. The van der Waals surface area contributed by atoms with Crippen LogP contribution in [0.25, 0.3) is 0 Å². The summed E-state index contributed by atoms with van der Waals surface area (Å²) >= 11 is 0. The van der Waals surface area contributed by atoms with Crippen LogP contribution in [0.4, 0.5) is 0 Å². The molecule has 0 fully saturated rings. The van der Waals surface area contributed by atoms with E-state index in [2.05, 4.69) is 6.92 Å². The van der Waals surface area contributed by atoms with Crippen LogP contribution in [-0.2, 0) is 11.2 Å². The molecule has 1 aromatic carbocycles. The lowest BCUT2D eigenvalue weighted by Gasteiger charge is -2.24. The Kier molecular flexibility index (Phi) is 17.7. The SMILES string of the molecule is CCCCC(C)(CCCCCCCCCCCCCCCCCCc1ccc(O)cc1)C(=O)O. The van der Waals surface area contributed by atoms with Crippen LogP contribution >= 0.6 is 0 Å². The second-order valence-electron chi connectivity index (χ2n) is 10.8. The molecule has 2 N–H and O–H groups in total. The summed E-state index contributed by atoms with van der Waals surface area (Å²) in [4.78, 5) is 11.6. The number of benzene rings is 1. The lowest BCUT2D eigenvalue weighted by molar-refractivity contribution is -0.149. The molecule has 3 nitrogen and oxygen atoms in total. The molecule has 0 aliphatic carbocycles. The number of unbranched alkanes of at least 4 members (excludes halogenated alkanes) is 16. The van der Waals surface area contributed by atoms with Crippen molar-refractivity contribution >= 4 is 5.97 Å². The molecule has 0 bridgehead atoms. The number of carboxylic acids is 1. The summed E-state index contributed by atoms with van der Waals surface area (Å²) in [6, 6.07) is 7.63. The molecule has 1 unspecified atom stereocenters. The first-order valence-corrected chi connectivity index (χ1v) is 14.5. The van der Waals surface area contributed by atoms with Gasteiger partial charge in [-0.3, -0.25) is 4.79 Å². The average molecular weight is 475 g/mol. The molecule has 0 aromatic heterocycles. The van der Waals surface area contributed by atoms with Gasteiger partial charge in [0.1, 0.15) is 5.75 Å². The molecule has 1 atom stereocenters.